The number of ether oxygens (including phenoxy) is 1. The second-order valence-electron chi connectivity index (χ2n) is 5.48. The molecule has 0 radical (unpaired) electrons. The molecule has 1 unspecified atom stereocenters. The Balaban J connectivity index is 1.59. The fourth-order valence-corrected chi connectivity index (χ4v) is 2.38. The van der Waals surface area contributed by atoms with Crippen LogP contribution in [0.3, 0.4) is 0 Å². The van der Waals surface area contributed by atoms with Crippen molar-refractivity contribution in [1.29, 1.82) is 0 Å². The van der Waals surface area contributed by atoms with E-state index in [-0.39, 0.29) is 12.1 Å². The number of methoxy groups -OCH3 is 1. The summed E-state index contributed by atoms with van der Waals surface area (Å²) >= 11 is 0. The number of amides is 2. The summed E-state index contributed by atoms with van der Waals surface area (Å²) in [5, 5.41) is 9.80. The van der Waals surface area contributed by atoms with Crippen LogP contribution in [0, 0.1) is 0 Å². The van der Waals surface area contributed by atoms with Crippen molar-refractivity contribution in [3.05, 3.63) is 66.7 Å². The zero-order valence-electron chi connectivity index (χ0n) is 14.0. The predicted molar refractivity (Wildman–Crippen MR) is 94.9 cm³/mol. The van der Waals surface area contributed by atoms with Crippen LogP contribution in [0.5, 0.6) is 5.75 Å². The number of hydrogen-bond acceptors (Lipinski definition) is 4. The summed E-state index contributed by atoms with van der Waals surface area (Å²) < 4.78 is 6.77. The van der Waals surface area contributed by atoms with E-state index in [4.69, 9.17) is 4.74 Å². The van der Waals surface area contributed by atoms with Crippen molar-refractivity contribution in [3.8, 4) is 11.4 Å². The predicted octanol–water partition coefficient (Wildman–Crippen LogP) is 3.16. The van der Waals surface area contributed by atoms with E-state index in [0.29, 0.717) is 5.69 Å². The van der Waals surface area contributed by atoms with E-state index in [2.05, 4.69) is 20.7 Å². The largest absolute Gasteiger partial charge is 0.497 e. The molecule has 0 spiro atoms. The zero-order chi connectivity index (χ0) is 17.6. The Hall–Kier alpha value is -3.35. The average Bonchev–Trinajstić information content (AvgIpc) is 3.17. The van der Waals surface area contributed by atoms with Gasteiger partial charge < -0.3 is 15.4 Å². The van der Waals surface area contributed by atoms with Gasteiger partial charge in [-0.3, -0.25) is 0 Å². The van der Waals surface area contributed by atoms with Gasteiger partial charge >= 0.3 is 6.03 Å². The van der Waals surface area contributed by atoms with Crippen LogP contribution in [0.2, 0.25) is 0 Å². The third-order valence-corrected chi connectivity index (χ3v) is 3.77. The first-order valence-corrected chi connectivity index (χ1v) is 7.82. The normalized spacial score (nSPS) is 11.6. The first-order valence-electron chi connectivity index (χ1n) is 7.82. The summed E-state index contributed by atoms with van der Waals surface area (Å²) in [5.41, 5.74) is 2.61. The zero-order valence-corrected chi connectivity index (χ0v) is 14.0. The van der Waals surface area contributed by atoms with Gasteiger partial charge in [-0.25, -0.2) is 14.5 Å². The van der Waals surface area contributed by atoms with E-state index in [1.54, 1.807) is 42.4 Å². The van der Waals surface area contributed by atoms with Gasteiger partial charge in [0.05, 0.1) is 18.8 Å². The summed E-state index contributed by atoms with van der Waals surface area (Å²) in [5.74, 6) is 0.742. The Morgan fingerprint density at radius 3 is 2.44 bits per heavy atom. The van der Waals surface area contributed by atoms with E-state index in [1.165, 1.54) is 6.33 Å². The Kier molecular flexibility index (Phi) is 4.94. The van der Waals surface area contributed by atoms with Crippen molar-refractivity contribution in [2.75, 3.05) is 12.4 Å². The van der Waals surface area contributed by atoms with Gasteiger partial charge in [0, 0.05) is 5.69 Å². The van der Waals surface area contributed by atoms with Crippen molar-refractivity contribution in [2.24, 2.45) is 0 Å². The molecule has 7 heteroatoms. The number of nitrogens with one attached hydrogen (secondary N) is 2. The number of aromatic nitrogens is 3. The summed E-state index contributed by atoms with van der Waals surface area (Å²) in [7, 11) is 1.60. The molecule has 7 nitrogen and oxygen atoms in total. The highest BCUT2D eigenvalue weighted by Gasteiger charge is 2.10. The fourth-order valence-electron chi connectivity index (χ4n) is 2.38. The number of rotatable bonds is 5. The average molecular weight is 337 g/mol. The highest BCUT2D eigenvalue weighted by atomic mass is 16.5. The Morgan fingerprint density at radius 1 is 1.12 bits per heavy atom. The first kappa shape index (κ1) is 16.5. The molecule has 0 fully saturated rings. The SMILES string of the molecule is COc1ccc(NC(=O)NC(C)c2ccc(-n3cncn3)cc2)cc1. The molecular formula is C18H19N5O2. The number of anilines is 1. The monoisotopic (exact) mass is 337 g/mol. The highest BCUT2D eigenvalue weighted by molar-refractivity contribution is 5.89. The van der Waals surface area contributed by atoms with Gasteiger partial charge in [0.15, 0.2) is 0 Å². The molecule has 0 saturated heterocycles. The van der Waals surface area contributed by atoms with E-state index < -0.39 is 0 Å². The molecule has 0 saturated carbocycles. The molecule has 25 heavy (non-hydrogen) atoms. The van der Waals surface area contributed by atoms with Gasteiger partial charge in [0.1, 0.15) is 18.4 Å². The van der Waals surface area contributed by atoms with Crippen LogP contribution >= 0.6 is 0 Å². The second kappa shape index (κ2) is 7.48. The Bertz CT molecular complexity index is 814. The third-order valence-electron chi connectivity index (χ3n) is 3.77. The van der Waals surface area contributed by atoms with Crippen molar-refractivity contribution < 1.29 is 9.53 Å². The van der Waals surface area contributed by atoms with E-state index in [1.807, 2.05) is 31.2 Å². The maximum absolute atomic E-state index is 12.1. The third kappa shape index (κ3) is 4.14. The standard InChI is InChI=1S/C18H19N5O2/c1-13(14-3-7-16(8-4-14)23-12-19-11-20-23)21-18(24)22-15-5-9-17(25-2)10-6-15/h3-13H,1-2H3,(H2,21,22,24). The molecule has 0 aliphatic rings. The maximum atomic E-state index is 12.1. The molecular weight excluding hydrogens is 318 g/mol. The molecule has 1 aromatic heterocycles. The molecule has 128 valence electrons. The van der Waals surface area contributed by atoms with Gasteiger partial charge in [-0.05, 0) is 48.9 Å². The quantitative estimate of drug-likeness (QED) is 0.749. The lowest BCUT2D eigenvalue weighted by Gasteiger charge is -2.15. The molecule has 0 aliphatic heterocycles. The summed E-state index contributed by atoms with van der Waals surface area (Å²) in [6, 6.07) is 14.5. The summed E-state index contributed by atoms with van der Waals surface area (Å²) in [4.78, 5) is 16.1. The van der Waals surface area contributed by atoms with E-state index >= 15 is 0 Å². The number of nitrogens with zero attached hydrogens (tertiary/aromatic N) is 3. The molecule has 1 heterocycles. The second-order valence-corrected chi connectivity index (χ2v) is 5.48. The molecule has 1 atom stereocenters. The maximum Gasteiger partial charge on any atom is 0.319 e. The first-order chi connectivity index (χ1) is 12.2. The number of carbonyl (C=O) groups excluding carboxylic acids is 1. The van der Waals surface area contributed by atoms with Gasteiger partial charge in [-0.2, -0.15) is 5.10 Å². The lowest BCUT2D eigenvalue weighted by Crippen LogP contribution is -2.31. The number of urea groups is 1. The Morgan fingerprint density at radius 2 is 1.84 bits per heavy atom. The van der Waals surface area contributed by atoms with Crippen molar-refractivity contribution in [2.45, 2.75) is 13.0 Å². The number of carbonyl (C=O) groups is 1. The van der Waals surface area contributed by atoms with Crippen LogP contribution in [-0.4, -0.2) is 27.9 Å². The van der Waals surface area contributed by atoms with Crippen molar-refractivity contribution in [1.82, 2.24) is 20.1 Å². The topological polar surface area (TPSA) is 81.1 Å². The molecule has 3 aromatic rings. The molecule has 0 bridgehead atoms. The molecule has 2 aromatic carbocycles. The van der Waals surface area contributed by atoms with E-state index in [9.17, 15) is 4.79 Å². The lowest BCUT2D eigenvalue weighted by atomic mass is 10.1. The fraction of sp³-hybridized carbons (Fsp3) is 0.167. The minimum atomic E-state index is -0.266. The lowest BCUT2D eigenvalue weighted by molar-refractivity contribution is 0.249. The van der Waals surface area contributed by atoms with Crippen LogP contribution in [0.15, 0.2) is 61.2 Å². The number of hydrogen-bond donors (Lipinski definition) is 2. The van der Waals surface area contributed by atoms with Crippen LogP contribution in [0.4, 0.5) is 10.5 Å². The van der Waals surface area contributed by atoms with Gasteiger partial charge in [-0.15, -0.1) is 0 Å². The Labute approximate surface area is 145 Å². The molecule has 0 aliphatic carbocycles. The van der Waals surface area contributed by atoms with Crippen LogP contribution in [-0.2, 0) is 0 Å². The van der Waals surface area contributed by atoms with Crippen LogP contribution in [0.1, 0.15) is 18.5 Å². The van der Waals surface area contributed by atoms with Gasteiger partial charge in [0.25, 0.3) is 0 Å². The molecule has 2 N–H and O–H groups in total. The van der Waals surface area contributed by atoms with Gasteiger partial charge in [0.2, 0.25) is 0 Å². The smallest absolute Gasteiger partial charge is 0.319 e. The van der Waals surface area contributed by atoms with Crippen molar-refractivity contribution in [3.63, 3.8) is 0 Å². The molecule has 3 rings (SSSR count). The van der Waals surface area contributed by atoms with Gasteiger partial charge in [-0.1, -0.05) is 12.1 Å². The minimum absolute atomic E-state index is 0.136. The van der Waals surface area contributed by atoms with Crippen molar-refractivity contribution >= 4 is 11.7 Å². The number of benzene rings is 2. The van der Waals surface area contributed by atoms with E-state index in [0.717, 1.165) is 17.0 Å². The highest BCUT2D eigenvalue weighted by Crippen LogP contribution is 2.17. The summed E-state index contributed by atoms with van der Waals surface area (Å²) in [6.07, 6.45) is 3.13. The minimum Gasteiger partial charge on any atom is -0.497 e. The van der Waals surface area contributed by atoms with Crippen LogP contribution in [0.25, 0.3) is 5.69 Å². The summed E-state index contributed by atoms with van der Waals surface area (Å²) in [6.45, 7) is 1.93. The van der Waals surface area contributed by atoms with Crippen LogP contribution < -0.4 is 15.4 Å². The molecule has 2 amide bonds.